The minimum Gasteiger partial charge on any atom is -0.349 e. The summed E-state index contributed by atoms with van der Waals surface area (Å²) in [6.45, 7) is 7.76. The maximum absolute atomic E-state index is 11.8. The monoisotopic (exact) mass is 278 g/mol. The lowest BCUT2D eigenvalue weighted by atomic mass is 10.2. The molecule has 0 aliphatic carbocycles. The van der Waals surface area contributed by atoms with Gasteiger partial charge in [0.1, 0.15) is 11.6 Å². The number of nitrogens with one attached hydrogen (secondary N) is 2. The van der Waals surface area contributed by atoms with Crippen molar-refractivity contribution in [3.8, 4) is 6.07 Å². The average Bonchev–Trinajstić information content (AvgIpc) is 2.69. The summed E-state index contributed by atoms with van der Waals surface area (Å²) < 4.78 is 0. The zero-order valence-electron chi connectivity index (χ0n) is 11.6. The van der Waals surface area contributed by atoms with Gasteiger partial charge in [-0.05, 0) is 27.2 Å². The van der Waals surface area contributed by atoms with E-state index in [1.165, 1.54) is 17.5 Å². The van der Waals surface area contributed by atoms with Crippen molar-refractivity contribution < 1.29 is 4.79 Å². The van der Waals surface area contributed by atoms with Crippen LogP contribution in [0.5, 0.6) is 0 Å². The van der Waals surface area contributed by atoms with Gasteiger partial charge in [-0.1, -0.05) is 6.92 Å². The first-order valence-electron chi connectivity index (χ1n) is 6.09. The van der Waals surface area contributed by atoms with Crippen LogP contribution in [0, 0.1) is 25.2 Å². The lowest BCUT2D eigenvalue weighted by Crippen LogP contribution is -2.33. The molecule has 1 unspecified atom stereocenters. The van der Waals surface area contributed by atoms with E-state index in [0.717, 1.165) is 17.0 Å². The highest BCUT2D eigenvalue weighted by Crippen LogP contribution is 2.21. The molecular formula is C13H18N4OS. The fourth-order valence-corrected chi connectivity index (χ4v) is 2.00. The van der Waals surface area contributed by atoms with Crippen LogP contribution in [-0.4, -0.2) is 16.9 Å². The fraction of sp³-hybridized carbons (Fsp3) is 0.462. The zero-order chi connectivity index (χ0) is 14.4. The Morgan fingerprint density at radius 2 is 2.26 bits per heavy atom. The Bertz CT molecular complexity index is 508. The van der Waals surface area contributed by atoms with Gasteiger partial charge in [-0.15, -0.1) is 11.3 Å². The van der Waals surface area contributed by atoms with Crippen molar-refractivity contribution >= 4 is 22.4 Å². The lowest BCUT2D eigenvalue weighted by molar-refractivity contribution is -0.117. The number of carbonyl (C=O) groups is 1. The van der Waals surface area contributed by atoms with Gasteiger partial charge in [0, 0.05) is 17.1 Å². The molecule has 5 nitrogen and oxygen atoms in total. The molecule has 6 heteroatoms. The van der Waals surface area contributed by atoms with E-state index in [1.54, 1.807) is 0 Å². The maximum atomic E-state index is 11.8. The summed E-state index contributed by atoms with van der Waals surface area (Å²) >= 11 is 1.49. The average molecular weight is 278 g/mol. The van der Waals surface area contributed by atoms with Gasteiger partial charge < -0.3 is 10.6 Å². The number of amides is 1. The minimum atomic E-state index is -0.366. The van der Waals surface area contributed by atoms with E-state index < -0.39 is 0 Å². The Hall–Kier alpha value is -1.87. The number of carbonyl (C=O) groups excluding carboxylic acids is 1. The van der Waals surface area contributed by atoms with Crippen molar-refractivity contribution in [3.05, 3.63) is 22.3 Å². The Morgan fingerprint density at radius 3 is 2.74 bits per heavy atom. The lowest BCUT2D eigenvalue weighted by Gasteiger charge is -2.10. The second-order valence-electron chi connectivity index (χ2n) is 4.26. The molecule has 0 saturated carbocycles. The highest BCUT2D eigenvalue weighted by Gasteiger charge is 2.11. The van der Waals surface area contributed by atoms with Gasteiger partial charge >= 0.3 is 0 Å². The predicted octanol–water partition coefficient (Wildman–Crippen LogP) is 2.49. The molecular weight excluding hydrogens is 260 g/mol. The second-order valence-corrected chi connectivity index (χ2v) is 5.46. The molecule has 0 fully saturated rings. The zero-order valence-corrected chi connectivity index (χ0v) is 12.4. The smallest absolute Gasteiger partial charge is 0.263 e. The minimum absolute atomic E-state index is 0.0470. The molecule has 2 N–H and O–H groups in total. The Morgan fingerprint density at radius 1 is 1.58 bits per heavy atom. The van der Waals surface area contributed by atoms with Gasteiger partial charge in [-0.3, -0.25) is 4.79 Å². The molecule has 1 aromatic rings. The number of nitriles is 1. The number of aromatic nitrogens is 1. The summed E-state index contributed by atoms with van der Waals surface area (Å²) in [5, 5.41) is 15.3. The quantitative estimate of drug-likeness (QED) is 0.640. The molecule has 102 valence electrons. The molecule has 1 heterocycles. The van der Waals surface area contributed by atoms with Crippen LogP contribution in [0.15, 0.2) is 11.8 Å². The number of rotatable bonds is 5. The molecule has 0 aromatic carbocycles. The summed E-state index contributed by atoms with van der Waals surface area (Å²) in [4.78, 5) is 17.2. The van der Waals surface area contributed by atoms with Crippen molar-refractivity contribution in [2.75, 3.05) is 5.32 Å². The van der Waals surface area contributed by atoms with Crippen LogP contribution in [0.4, 0.5) is 5.13 Å². The number of aryl methyl sites for hydroxylation is 2. The predicted molar refractivity (Wildman–Crippen MR) is 76.8 cm³/mol. The van der Waals surface area contributed by atoms with E-state index in [-0.39, 0.29) is 17.5 Å². The highest BCUT2D eigenvalue weighted by molar-refractivity contribution is 7.15. The molecule has 19 heavy (non-hydrogen) atoms. The normalized spacial score (nSPS) is 12.7. The van der Waals surface area contributed by atoms with E-state index in [2.05, 4.69) is 15.6 Å². The third kappa shape index (κ3) is 4.38. The third-order valence-corrected chi connectivity index (χ3v) is 3.73. The van der Waals surface area contributed by atoms with Crippen molar-refractivity contribution in [3.63, 3.8) is 0 Å². The SMILES string of the molecule is CCC(C)NC(=O)/C(C#N)=C\Nc1nc(C)c(C)s1. The summed E-state index contributed by atoms with van der Waals surface area (Å²) in [5.74, 6) is -0.366. The standard InChI is InChI=1S/C13H18N4OS/c1-5-8(2)16-12(18)11(6-14)7-15-13-17-9(3)10(4)19-13/h7-8H,5H2,1-4H3,(H,15,17)(H,16,18)/b11-7-. The molecule has 1 rings (SSSR count). The summed E-state index contributed by atoms with van der Waals surface area (Å²) in [5.41, 5.74) is 0.995. The van der Waals surface area contributed by atoms with E-state index in [0.29, 0.717) is 5.13 Å². The van der Waals surface area contributed by atoms with Crippen molar-refractivity contribution in [1.82, 2.24) is 10.3 Å². The second kappa shape index (κ2) is 6.90. The van der Waals surface area contributed by atoms with Gasteiger partial charge in [0.15, 0.2) is 5.13 Å². The molecule has 1 aromatic heterocycles. The molecule has 0 aliphatic heterocycles. The van der Waals surface area contributed by atoms with Crippen LogP contribution in [0.2, 0.25) is 0 Å². The third-order valence-electron chi connectivity index (χ3n) is 2.72. The highest BCUT2D eigenvalue weighted by atomic mass is 32.1. The summed E-state index contributed by atoms with van der Waals surface area (Å²) in [6, 6.07) is 1.94. The van der Waals surface area contributed by atoms with Gasteiger partial charge in [0.05, 0.1) is 5.69 Å². The molecule has 0 bridgehead atoms. The number of nitrogens with zero attached hydrogens (tertiary/aromatic N) is 2. The largest absolute Gasteiger partial charge is 0.349 e. The molecule has 1 atom stereocenters. The van der Waals surface area contributed by atoms with Crippen LogP contribution in [-0.2, 0) is 4.79 Å². The van der Waals surface area contributed by atoms with Crippen molar-refractivity contribution in [1.29, 1.82) is 5.26 Å². The van der Waals surface area contributed by atoms with Crippen LogP contribution in [0.3, 0.4) is 0 Å². The van der Waals surface area contributed by atoms with Crippen LogP contribution in [0.25, 0.3) is 0 Å². The molecule has 0 radical (unpaired) electrons. The topological polar surface area (TPSA) is 77.8 Å². The number of hydrogen-bond acceptors (Lipinski definition) is 5. The van der Waals surface area contributed by atoms with Gasteiger partial charge in [-0.2, -0.15) is 5.26 Å². The summed E-state index contributed by atoms with van der Waals surface area (Å²) in [7, 11) is 0. The Balaban J connectivity index is 2.72. The van der Waals surface area contributed by atoms with Crippen molar-refractivity contribution in [2.24, 2.45) is 0 Å². The number of anilines is 1. The van der Waals surface area contributed by atoms with Crippen LogP contribution in [0.1, 0.15) is 30.8 Å². The van der Waals surface area contributed by atoms with Gasteiger partial charge in [0.25, 0.3) is 5.91 Å². The van der Waals surface area contributed by atoms with Crippen LogP contribution >= 0.6 is 11.3 Å². The summed E-state index contributed by atoms with van der Waals surface area (Å²) in [6.07, 6.45) is 2.22. The molecule has 1 amide bonds. The fourth-order valence-electron chi connectivity index (χ4n) is 1.22. The molecule has 0 saturated heterocycles. The van der Waals surface area contributed by atoms with E-state index in [1.807, 2.05) is 33.8 Å². The first kappa shape index (κ1) is 15.2. The Labute approximate surface area is 117 Å². The van der Waals surface area contributed by atoms with E-state index in [4.69, 9.17) is 5.26 Å². The first-order valence-corrected chi connectivity index (χ1v) is 6.91. The number of thiazole rings is 1. The van der Waals surface area contributed by atoms with Gasteiger partial charge in [0.2, 0.25) is 0 Å². The molecule has 0 spiro atoms. The maximum Gasteiger partial charge on any atom is 0.263 e. The van der Waals surface area contributed by atoms with Gasteiger partial charge in [-0.25, -0.2) is 4.98 Å². The Kier molecular flexibility index (Phi) is 5.52. The van der Waals surface area contributed by atoms with E-state index in [9.17, 15) is 4.79 Å². The number of hydrogen-bond donors (Lipinski definition) is 2. The van der Waals surface area contributed by atoms with Crippen molar-refractivity contribution in [2.45, 2.75) is 40.2 Å². The van der Waals surface area contributed by atoms with E-state index >= 15 is 0 Å². The first-order chi connectivity index (χ1) is 8.97. The molecule has 0 aliphatic rings. The van der Waals surface area contributed by atoms with Crippen LogP contribution < -0.4 is 10.6 Å².